The Balaban J connectivity index is 1.31. The molecule has 34 heavy (non-hydrogen) atoms. The van der Waals surface area contributed by atoms with Crippen molar-refractivity contribution < 1.29 is 23.5 Å². The summed E-state index contributed by atoms with van der Waals surface area (Å²) >= 11 is 0. The van der Waals surface area contributed by atoms with Gasteiger partial charge in [-0.2, -0.15) is 5.10 Å². The molecular formula is C24H27N5O5. The number of benzene rings is 1. The Morgan fingerprint density at radius 3 is 2.62 bits per heavy atom. The highest BCUT2D eigenvalue weighted by Crippen LogP contribution is 2.35. The zero-order chi connectivity index (χ0) is 24.0. The van der Waals surface area contributed by atoms with E-state index in [9.17, 15) is 14.4 Å². The minimum atomic E-state index is -0.464. The van der Waals surface area contributed by atoms with Crippen LogP contribution in [0.4, 0.5) is 0 Å². The number of fused-ring (bicyclic) bond motifs is 1. The van der Waals surface area contributed by atoms with Gasteiger partial charge in [0.2, 0.25) is 17.6 Å². The van der Waals surface area contributed by atoms with Gasteiger partial charge in [0.15, 0.2) is 5.89 Å². The number of rotatable bonds is 4. The minimum Gasteiger partial charge on any atom is -0.488 e. The van der Waals surface area contributed by atoms with Crippen molar-refractivity contribution in [3.63, 3.8) is 0 Å². The van der Waals surface area contributed by atoms with Crippen molar-refractivity contribution in [2.24, 2.45) is 7.05 Å². The highest BCUT2D eigenvalue weighted by molar-refractivity contribution is 6.03. The summed E-state index contributed by atoms with van der Waals surface area (Å²) in [6.07, 6.45) is 2.06. The number of carbonyl (C=O) groups excluding carboxylic acids is 3. The first-order valence-corrected chi connectivity index (χ1v) is 11.5. The fourth-order valence-corrected chi connectivity index (χ4v) is 4.86. The molecule has 4 heterocycles. The number of amides is 3. The van der Waals surface area contributed by atoms with Gasteiger partial charge in [-0.1, -0.05) is 12.1 Å². The molecule has 1 aromatic carbocycles. The Labute approximate surface area is 196 Å². The summed E-state index contributed by atoms with van der Waals surface area (Å²) < 4.78 is 13.6. The molecule has 10 nitrogen and oxygen atoms in total. The number of nitrogens with zero attached hydrogens (tertiary/aromatic N) is 4. The lowest BCUT2D eigenvalue weighted by molar-refractivity contribution is -0.134. The van der Waals surface area contributed by atoms with E-state index >= 15 is 0 Å². The number of hydrogen-bond donors (Lipinski definition) is 1. The third-order valence-electron chi connectivity index (χ3n) is 6.55. The summed E-state index contributed by atoms with van der Waals surface area (Å²) in [4.78, 5) is 42.7. The summed E-state index contributed by atoms with van der Waals surface area (Å²) in [5.41, 5.74) is 2.08. The molecule has 3 aromatic rings. The number of aromatic nitrogens is 3. The van der Waals surface area contributed by atoms with Crippen molar-refractivity contribution in [3.05, 3.63) is 41.2 Å². The van der Waals surface area contributed by atoms with Crippen molar-refractivity contribution >= 4 is 28.6 Å². The molecule has 2 saturated heterocycles. The first-order chi connectivity index (χ1) is 16.3. The van der Waals surface area contributed by atoms with Crippen molar-refractivity contribution in [2.45, 2.75) is 51.6 Å². The van der Waals surface area contributed by atoms with Gasteiger partial charge in [-0.15, -0.1) is 0 Å². The summed E-state index contributed by atoms with van der Waals surface area (Å²) in [7, 11) is 1.83. The molecule has 2 fully saturated rings. The molecule has 0 radical (unpaired) electrons. The zero-order valence-corrected chi connectivity index (χ0v) is 19.5. The van der Waals surface area contributed by atoms with E-state index in [1.54, 1.807) is 23.4 Å². The summed E-state index contributed by atoms with van der Waals surface area (Å²) in [5, 5.41) is 7.87. The number of piperidine rings is 2. The molecule has 0 aliphatic carbocycles. The average molecular weight is 466 g/mol. The number of carbonyl (C=O) groups is 3. The van der Waals surface area contributed by atoms with Gasteiger partial charge in [0.1, 0.15) is 17.4 Å². The summed E-state index contributed by atoms with van der Waals surface area (Å²) in [5.74, 6) is 0.323. The molecule has 0 saturated carbocycles. The van der Waals surface area contributed by atoms with Crippen LogP contribution in [0.5, 0.6) is 5.75 Å². The number of hydrogen-bond acceptors (Lipinski definition) is 7. The molecule has 2 aliphatic rings. The molecule has 0 bridgehead atoms. The number of aryl methyl sites for hydroxylation is 3. The summed E-state index contributed by atoms with van der Waals surface area (Å²) in [6, 6.07) is 5.72. The highest BCUT2D eigenvalue weighted by Gasteiger charge is 2.33. The van der Waals surface area contributed by atoms with Crippen molar-refractivity contribution in [1.29, 1.82) is 0 Å². The van der Waals surface area contributed by atoms with Crippen LogP contribution in [0, 0.1) is 13.8 Å². The molecule has 0 spiro atoms. The molecule has 178 valence electrons. The number of ether oxygens (including phenoxy) is 1. The van der Waals surface area contributed by atoms with Gasteiger partial charge < -0.3 is 14.1 Å². The second-order valence-corrected chi connectivity index (χ2v) is 8.92. The maximum atomic E-state index is 12.8. The average Bonchev–Trinajstić information content (AvgIpc) is 3.32. The molecule has 2 aromatic heterocycles. The van der Waals surface area contributed by atoms with Gasteiger partial charge in [0.05, 0.1) is 17.3 Å². The van der Waals surface area contributed by atoms with E-state index in [1.807, 2.05) is 25.2 Å². The smallest absolute Gasteiger partial charge is 0.291 e. The van der Waals surface area contributed by atoms with Gasteiger partial charge in [-0.3, -0.25) is 24.4 Å². The van der Waals surface area contributed by atoms with Gasteiger partial charge in [0, 0.05) is 51.7 Å². The SMILES string of the molecule is Cc1nc(C)c(C(=O)N2CCC(Oc3cccc4c(C5CCC(=O)NC5=O)nn(C)c34)CC2)o1. The molecule has 2 aliphatic heterocycles. The predicted octanol–water partition coefficient (Wildman–Crippen LogP) is 2.38. The van der Waals surface area contributed by atoms with Gasteiger partial charge in [-0.25, -0.2) is 4.98 Å². The van der Waals surface area contributed by atoms with E-state index in [-0.39, 0.29) is 23.8 Å². The van der Waals surface area contributed by atoms with Crippen molar-refractivity contribution in [2.75, 3.05) is 13.1 Å². The van der Waals surface area contributed by atoms with Gasteiger partial charge in [-0.05, 0) is 19.4 Å². The predicted molar refractivity (Wildman–Crippen MR) is 121 cm³/mol. The van der Waals surface area contributed by atoms with Crippen LogP contribution in [0.2, 0.25) is 0 Å². The summed E-state index contributed by atoms with van der Waals surface area (Å²) in [6.45, 7) is 4.63. The zero-order valence-electron chi connectivity index (χ0n) is 19.5. The standard InChI is InChI=1S/C24H27N5O5/c1-13-22(33-14(2)25-13)24(32)29-11-9-15(10-12-29)34-18-6-4-5-16-20(27-28(3)21(16)18)17-7-8-19(30)26-23(17)31/h4-6,15,17H,7-12H2,1-3H3,(H,26,30,31). The first-order valence-electron chi connectivity index (χ1n) is 11.5. The van der Waals surface area contributed by atoms with Gasteiger partial charge >= 0.3 is 0 Å². The van der Waals surface area contributed by atoms with E-state index in [0.717, 1.165) is 10.9 Å². The van der Waals surface area contributed by atoms with Crippen LogP contribution in [0.3, 0.4) is 0 Å². The first kappa shape index (κ1) is 22.1. The highest BCUT2D eigenvalue weighted by atomic mass is 16.5. The van der Waals surface area contributed by atoms with Crippen molar-refractivity contribution in [3.8, 4) is 5.75 Å². The van der Waals surface area contributed by atoms with Crippen LogP contribution in [0.15, 0.2) is 22.6 Å². The van der Waals surface area contributed by atoms with Crippen LogP contribution >= 0.6 is 0 Å². The second kappa shape index (κ2) is 8.58. The Morgan fingerprint density at radius 2 is 1.94 bits per heavy atom. The molecule has 1 unspecified atom stereocenters. The third-order valence-corrected chi connectivity index (χ3v) is 6.55. The molecular weight excluding hydrogens is 438 g/mol. The fraction of sp³-hybridized carbons (Fsp3) is 0.458. The monoisotopic (exact) mass is 465 g/mol. The van der Waals surface area contributed by atoms with E-state index in [2.05, 4.69) is 15.4 Å². The minimum absolute atomic E-state index is 0.0545. The number of likely N-dealkylation sites (tertiary alicyclic amines) is 1. The van der Waals surface area contributed by atoms with E-state index in [1.165, 1.54) is 0 Å². The number of imide groups is 1. The Morgan fingerprint density at radius 1 is 1.18 bits per heavy atom. The van der Waals surface area contributed by atoms with Crippen molar-refractivity contribution in [1.82, 2.24) is 25.0 Å². The largest absolute Gasteiger partial charge is 0.488 e. The molecule has 10 heteroatoms. The Kier molecular flexibility index (Phi) is 5.59. The Hall–Kier alpha value is -3.69. The van der Waals surface area contributed by atoms with Crippen LogP contribution in [0.1, 0.15) is 59.4 Å². The molecule has 5 rings (SSSR count). The lowest BCUT2D eigenvalue weighted by Gasteiger charge is -2.31. The normalized spacial score (nSPS) is 19.5. The maximum Gasteiger partial charge on any atom is 0.291 e. The third kappa shape index (κ3) is 3.93. The fourth-order valence-electron chi connectivity index (χ4n) is 4.86. The maximum absolute atomic E-state index is 12.8. The number of para-hydroxylation sites is 1. The quantitative estimate of drug-likeness (QED) is 0.588. The molecule has 1 atom stereocenters. The number of nitrogens with one attached hydrogen (secondary N) is 1. The van der Waals surface area contributed by atoms with Gasteiger partial charge in [0.25, 0.3) is 5.91 Å². The van der Waals surface area contributed by atoms with Crippen LogP contribution in [0.25, 0.3) is 10.9 Å². The van der Waals surface area contributed by atoms with Crippen LogP contribution in [-0.2, 0) is 16.6 Å². The second-order valence-electron chi connectivity index (χ2n) is 8.92. The van der Waals surface area contributed by atoms with E-state index in [4.69, 9.17) is 9.15 Å². The van der Waals surface area contributed by atoms with E-state index < -0.39 is 5.92 Å². The Bertz CT molecular complexity index is 1280. The lowest BCUT2D eigenvalue weighted by Crippen LogP contribution is -2.41. The molecule has 1 N–H and O–H groups in total. The lowest BCUT2D eigenvalue weighted by atomic mass is 9.93. The van der Waals surface area contributed by atoms with Crippen LogP contribution < -0.4 is 10.1 Å². The molecule has 3 amide bonds. The topological polar surface area (TPSA) is 120 Å². The number of oxazole rings is 1. The van der Waals surface area contributed by atoms with Crippen LogP contribution in [-0.4, -0.2) is 56.6 Å². The van der Waals surface area contributed by atoms with E-state index in [0.29, 0.717) is 67.6 Å².